The molecule has 0 radical (unpaired) electrons. The maximum atomic E-state index is 12.9. The maximum Gasteiger partial charge on any atom is 0.127 e. The van der Waals surface area contributed by atoms with Gasteiger partial charge in [0.1, 0.15) is 5.82 Å². The molecule has 1 aromatic carbocycles. The van der Waals surface area contributed by atoms with Crippen molar-refractivity contribution in [3.05, 3.63) is 34.1 Å². The van der Waals surface area contributed by atoms with Crippen LogP contribution in [0, 0.1) is 5.82 Å². The van der Waals surface area contributed by atoms with E-state index in [1.54, 1.807) is 19.2 Å². The molecular weight excluding hydrogens is 257 g/mol. The second-order valence-electron chi connectivity index (χ2n) is 2.27. The van der Waals surface area contributed by atoms with E-state index < -0.39 is 0 Å². The van der Waals surface area contributed by atoms with Crippen molar-refractivity contribution in [3.63, 3.8) is 0 Å². The molecule has 0 fully saturated rings. The Labute approximate surface area is 101 Å². The van der Waals surface area contributed by atoms with Crippen LogP contribution < -0.4 is 5.32 Å². The lowest BCUT2D eigenvalue weighted by Crippen LogP contribution is -2.06. The van der Waals surface area contributed by atoms with Crippen molar-refractivity contribution in [3.8, 4) is 0 Å². The molecule has 1 nitrogen and oxygen atoms in total. The molecule has 0 aliphatic heterocycles. The fraction of sp³-hybridized carbons (Fsp3) is 0.500. The third-order valence-electron chi connectivity index (χ3n) is 1.37. The molecule has 0 spiro atoms. The van der Waals surface area contributed by atoms with Crippen molar-refractivity contribution in [1.29, 1.82) is 0 Å². The van der Waals surface area contributed by atoms with Gasteiger partial charge in [0.05, 0.1) is 0 Å². The Hall–Kier alpha value is -0.410. The first kappa shape index (κ1) is 17.0. The second-order valence-corrected chi connectivity index (χ2v) is 3.18. The summed E-state index contributed by atoms with van der Waals surface area (Å²) in [7, 11) is 1.79. The van der Waals surface area contributed by atoms with Crippen molar-refractivity contribution in [2.75, 3.05) is 7.05 Å². The monoisotopic (exact) mass is 277 g/mol. The fourth-order valence-corrected chi connectivity index (χ4v) is 1.28. The van der Waals surface area contributed by atoms with Crippen LogP contribution in [0.25, 0.3) is 0 Å². The van der Waals surface area contributed by atoms with Crippen LogP contribution >= 0.6 is 15.9 Å². The molecule has 0 aliphatic carbocycles. The number of rotatable bonds is 2. The number of hydrogen-bond acceptors (Lipinski definition) is 1. The van der Waals surface area contributed by atoms with Gasteiger partial charge < -0.3 is 5.32 Å². The Kier molecular flexibility index (Phi) is 13.2. The molecule has 0 amide bonds. The standard InChI is InChI=1S/C8H9BrFN.2C2H6/c1-11-5-6-4-7(9)2-3-8(6)10;2*1-2/h2-4,11H,5H2,1H3;2*1-2H3. The molecule has 0 aromatic heterocycles. The van der Waals surface area contributed by atoms with Crippen molar-refractivity contribution in [2.45, 2.75) is 34.2 Å². The van der Waals surface area contributed by atoms with Gasteiger partial charge in [0.2, 0.25) is 0 Å². The molecule has 0 atom stereocenters. The van der Waals surface area contributed by atoms with Crippen molar-refractivity contribution in [1.82, 2.24) is 5.32 Å². The average molecular weight is 278 g/mol. The third-order valence-corrected chi connectivity index (χ3v) is 1.87. The van der Waals surface area contributed by atoms with Crippen LogP contribution in [0.1, 0.15) is 33.3 Å². The van der Waals surface area contributed by atoms with E-state index in [9.17, 15) is 4.39 Å². The minimum absolute atomic E-state index is 0.164. The van der Waals surface area contributed by atoms with E-state index in [0.717, 1.165) is 4.47 Å². The summed E-state index contributed by atoms with van der Waals surface area (Å²) in [4.78, 5) is 0. The van der Waals surface area contributed by atoms with Crippen LogP contribution in [0.4, 0.5) is 4.39 Å². The molecule has 1 N–H and O–H groups in total. The van der Waals surface area contributed by atoms with Crippen LogP contribution in [0.3, 0.4) is 0 Å². The van der Waals surface area contributed by atoms with Crippen LogP contribution in [-0.2, 0) is 6.54 Å². The predicted molar refractivity (Wildman–Crippen MR) is 69.6 cm³/mol. The summed E-state index contributed by atoms with van der Waals surface area (Å²) in [6, 6.07) is 4.91. The molecule has 1 aromatic rings. The minimum atomic E-state index is -0.164. The van der Waals surface area contributed by atoms with E-state index in [1.165, 1.54) is 6.07 Å². The van der Waals surface area contributed by atoms with E-state index in [-0.39, 0.29) is 5.82 Å². The van der Waals surface area contributed by atoms with Crippen LogP contribution in [0.2, 0.25) is 0 Å². The highest BCUT2D eigenvalue weighted by molar-refractivity contribution is 9.10. The molecule has 0 saturated heterocycles. The highest BCUT2D eigenvalue weighted by atomic mass is 79.9. The zero-order valence-electron chi connectivity index (χ0n) is 10.2. The average Bonchev–Trinajstić information content (AvgIpc) is 2.29. The van der Waals surface area contributed by atoms with Crippen molar-refractivity contribution in [2.24, 2.45) is 0 Å². The van der Waals surface area contributed by atoms with Gasteiger partial charge in [-0.15, -0.1) is 0 Å². The molecule has 15 heavy (non-hydrogen) atoms. The molecular formula is C12H21BrFN. The van der Waals surface area contributed by atoms with Crippen molar-refractivity contribution >= 4 is 15.9 Å². The topological polar surface area (TPSA) is 12.0 Å². The van der Waals surface area contributed by atoms with Gasteiger partial charge in [-0.25, -0.2) is 4.39 Å². The largest absolute Gasteiger partial charge is 0.316 e. The van der Waals surface area contributed by atoms with E-state index >= 15 is 0 Å². The van der Waals surface area contributed by atoms with E-state index in [0.29, 0.717) is 12.1 Å². The Morgan fingerprint density at radius 2 is 1.73 bits per heavy atom. The lowest BCUT2D eigenvalue weighted by atomic mass is 10.2. The molecule has 1 rings (SSSR count). The zero-order valence-corrected chi connectivity index (χ0v) is 11.8. The Morgan fingerprint density at radius 3 is 2.20 bits per heavy atom. The quantitative estimate of drug-likeness (QED) is 0.847. The summed E-state index contributed by atoms with van der Waals surface area (Å²) in [6.07, 6.45) is 0. The second kappa shape index (κ2) is 11.7. The first-order chi connectivity index (χ1) is 7.24. The number of nitrogens with one attached hydrogen (secondary N) is 1. The summed E-state index contributed by atoms with van der Waals surface area (Å²) in [5.41, 5.74) is 0.682. The Morgan fingerprint density at radius 1 is 1.20 bits per heavy atom. The van der Waals surface area contributed by atoms with Gasteiger partial charge in [-0.2, -0.15) is 0 Å². The summed E-state index contributed by atoms with van der Waals surface area (Å²) < 4.78 is 13.8. The van der Waals surface area contributed by atoms with Gasteiger partial charge in [0.25, 0.3) is 0 Å². The van der Waals surface area contributed by atoms with E-state index in [1.807, 2.05) is 27.7 Å². The molecule has 0 heterocycles. The summed E-state index contributed by atoms with van der Waals surface area (Å²) in [6.45, 7) is 8.56. The van der Waals surface area contributed by atoms with Gasteiger partial charge in [-0.05, 0) is 25.2 Å². The van der Waals surface area contributed by atoms with Crippen LogP contribution in [0.15, 0.2) is 22.7 Å². The Balaban J connectivity index is 0. The van der Waals surface area contributed by atoms with Gasteiger partial charge >= 0.3 is 0 Å². The van der Waals surface area contributed by atoms with Gasteiger partial charge in [0.15, 0.2) is 0 Å². The van der Waals surface area contributed by atoms with E-state index in [2.05, 4.69) is 21.2 Å². The molecule has 0 unspecified atom stereocenters. The first-order valence-electron chi connectivity index (χ1n) is 5.32. The molecule has 0 saturated carbocycles. The number of halogens is 2. The SMILES string of the molecule is CC.CC.CNCc1cc(Br)ccc1F. The molecule has 0 aliphatic rings. The fourth-order valence-electron chi connectivity index (χ4n) is 0.869. The molecule has 3 heteroatoms. The normalized spacial score (nSPS) is 8.20. The minimum Gasteiger partial charge on any atom is -0.316 e. The lowest BCUT2D eigenvalue weighted by molar-refractivity contribution is 0.600. The number of hydrogen-bond donors (Lipinski definition) is 1. The Bertz CT molecular complexity index is 251. The zero-order chi connectivity index (χ0) is 12.3. The number of benzene rings is 1. The van der Waals surface area contributed by atoms with Gasteiger partial charge in [-0.1, -0.05) is 43.6 Å². The highest BCUT2D eigenvalue weighted by Gasteiger charge is 1.99. The van der Waals surface area contributed by atoms with Crippen LogP contribution in [0.5, 0.6) is 0 Å². The highest BCUT2D eigenvalue weighted by Crippen LogP contribution is 2.14. The molecule has 0 bridgehead atoms. The van der Waals surface area contributed by atoms with Gasteiger partial charge in [-0.3, -0.25) is 0 Å². The van der Waals surface area contributed by atoms with E-state index in [4.69, 9.17) is 0 Å². The summed E-state index contributed by atoms with van der Waals surface area (Å²) in [5.74, 6) is -0.164. The summed E-state index contributed by atoms with van der Waals surface area (Å²) >= 11 is 3.27. The smallest absolute Gasteiger partial charge is 0.127 e. The first-order valence-corrected chi connectivity index (χ1v) is 6.12. The molecule has 88 valence electrons. The van der Waals surface area contributed by atoms with Gasteiger partial charge in [0, 0.05) is 16.6 Å². The van der Waals surface area contributed by atoms with Crippen molar-refractivity contribution < 1.29 is 4.39 Å². The van der Waals surface area contributed by atoms with Crippen LogP contribution in [-0.4, -0.2) is 7.05 Å². The lowest BCUT2D eigenvalue weighted by Gasteiger charge is -2.01. The third kappa shape index (κ3) is 7.51. The maximum absolute atomic E-state index is 12.9. The summed E-state index contributed by atoms with van der Waals surface area (Å²) in [5, 5.41) is 2.89. The predicted octanol–water partition coefficient (Wildman–Crippen LogP) is 4.36.